The number of hydrogen-bond acceptors (Lipinski definition) is 5. The van der Waals surface area contributed by atoms with Crippen LogP contribution in [0.1, 0.15) is 46.0 Å². The van der Waals surface area contributed by atoms with Gasteiger partial charge < -0.3 is 5.73 Å². The highest BCUT2D eigenvalue weighted by Crippen LogP contribution is 2.36. The molecule has 0 aromatic heterocycles. The fourth-order valence-electron chi connectivity index (χ4n) is 2.96. The van der Waals surface area contributed by atoms with Gasteiger partial charge in [-0.2, -0.15) is 0 Å². The van der Waals surface area contributed by atoms with Gasteiger partial charge in [0.15, 0.2) is 0 Å². The summed E-state index contributed by atoms with van der Waals surface area (Å²) >= 11 is 0. The van der Waals surface area contributed by atoms with Gasteiger partial charge >= 0.3 is 0 Å². The number of amides is 4. The molecule has 1 aromatic rings. The van der Waals surface area contributed by atoms with Crippen LogP contribution in [0.25, 0.3) is 0 Å². The summed E-state index contributed by atoms with van der Waals surface area (Å²) in [6.45, 7) is 3.16. The van der Waals surface area contributed by atoms with Crippen LogP contribution in [0.4, 0.5) is 5.69 Å². The van der Waals surface area contributed by atoms with E-state index < -0.39 is 29.2 Å². The largest absolute Gasteiger partial charge is 0.398 e. The summed E-state index contributed by atoms with van der Waals surface area (Å²) in [7, 11) is 0. The number of carbonyl (C=O) groups is 4. The summed E-state index contributed by atoms with van der Waals surface area (Å²) in [5.41, 5.74) is 5.83. The zero-order chi connectivity index (χ0) is 16.2. The third-order valence-electron chi connectivity index (χ3n) is 4.43. The van der Waals surface area contributed by atoms with Crippen molar-refractivity contribution in [3.8, 4) is 0 Å². The Morgan fingerprint density at radius 2 is 1.86 bits per heavy atom. The van der Waals surface area contributed by atoms with Crippen molar-refractivity contribution < 1.29 is 19.2 Å². The minimum absolute atomic E-state index is 0.0801. The van der Waals surface area contributed by atoms with Crippen molar-refractivity contribution in [1.29, 1.82) is 0 Å². The molecule has 2 aliphatic heterocycles. The summed E-state index contributed by atoms with van der Waals surface area (Å²) in [5, 5.41) is 2.19. The first kappa shape index (κ1) is 14.2. The number of nitrogens with one attached hydrogen (secondary N) is 1. The zero-order valence-corrected chi connectivity index (χ0v) is 12.2. The Morgan fingerprint density at radius 3 is 2.50 bits per heavy atom. The van der Waals surface area contributed by atoms with E-state index in [1.807, 2.05) is 0 Å². The predicted molar refractivity (Wildman–Crippen MR) is 76.9 cm³/mol. The fourth-order valence-corrected chi connectivity index (χ4v) is 2.96. The maximum atomic E-state index is 12.7. The number of fused-ring (bicyclic) bond motifs is 1. The standard InChI is InChI=1S/C15H15N3O4/c1-7-9(16)4-3-8-11(7)13(21)18(12(8)20)15(2)6-5-10(19)17-14(15)22/h3-4H,5-6,16H2,1-2H3,(H,17,19,22)/t15-/m0/s1. The van der Waals surface area contributed by atoms with Gasteiger partial charge in [0.25, 0.3) is 17.7 Å². The first-order valence-corrected chi connectivity index (χ1v) is 6.89. The summed E-state index contributed by atoms with van der Waals surface area (Å²) in [4.78, 5) is 49.8. The summed E-state index contributed by atoms with van der Waals surface area (Å²) in [6.07, 6.45) is 0.189. The Bertz CT molecular complexity index is 755. The molecule has 1 aromatic carbocycles. The second-order valence-electron chi connectivity index (χ2n) is 5.80. The minimum atomic E-state index is -1.37. The zero-order valence-electron chi connectivity index (χ0n) is 12.2. The maximum Gasteiger partial charge on any atom is 0.262 e. The second-order valence-corrected chi connectivity index (χ2v) is 5.80. The molecule has 0 radical (unpaired) electrons. The maximum absolute atomic E-state index is 12.7. The molecule has 22 heavy (non-hydrogen) atoms. The number of anilines is 1. The number of imide groups is 2. The van der Waals surface area contributed by atoms with Gasteiger partial charge in [-0.1, -0.05) is 0 Å². The van der Waals surface area contributed by atoms with Gasteiger partial charge in [0, 0.05) is 12.1 Å². The van der Waals surface area contributed by atoms with Crippen LogP contribution in [0.2, 0.25) is 0 Å². The molecule has 1 fully saturated rings. The molecule has 1 atom stereocenters. The van der Waals surface area contributed by atoms with Crippen LogP contribution in [0.3, 0.4) is 0 Å². The van der Waals surface area contributed by atoms with Crippen LogP contribution in [0.5, 0.6) is 0 Å². The van der Waals surface area contributed by atoms with E-state index in [1.165, 1.54) is 13.0 Å². The molecule has 3 rings (SSSR count). The first-order chi connectivity index (χ1) is 10.3. The van der Waals surface area contributed by atoms with Gasteiger partial charge in [0.1, 0.15) is 5.54 Å². The Hall–Kier alpha value is -2.70. The van der Waals surface area contributed by atoms with Gasteiger partial charge in [-0.3, -0.25) is 29.4 Å². The Morgan fingerprint density at radius 1 is 1.18 bits per heavy atom. The molecule has 0 saturated carbocycles. The van der Waals surface area contributed by atoms with E-state index in [-0.39, 0.29) is 24.0 Å². The van der Waals surface area contributed by atoms with Crippen molar-refractivity contribution in [3.63, 3.8) is 0 Å². The van der Waals surface area contributed by atoms with Gasteiger partial charge in [-0.15, -0.1) is 0 Å². The molecule has 2 aliphatic rings. The van der Waals surface area contributed by atoms with Crippen LogP contribution in [-0.2, 0) is 9.59 Å². The third-order valence-corrected chi connectivity index (χ3v) is 4.43. The van der Waals surface area contributed by atoms with Crippen molar-refractivity contribution in [1.82, 2.24) is 10.2 Å². The highest BCUT2D eigenvalue weighted by Gasteiger charge is 2.53. The molecule has 2 heterocycles. The van der Waals surface area contributed by atoms with Crippen LogP contribution in [0.15, 0.2) is 12.1 Å². The van der Waals surface area contributed by atoms with Gasteiger partial charge in [0.05, 0.1) is 11.1 Å². The van der Waals surface area contributed by atoms with E-state index in [1.54, 1.807) is 13.0 Å². The summed E-state index contributed by atoms with van der Waals surface area (Å²) in [6, 6.07) is 3.06. The van der Waals surface area contributed by atoms with Gasteiger partial charge in [-0.25, -0.2) is 0 Å². The van der Waals surface area contributed by atoms with Crippen LogP contribution < -0.4 is 11.1 Å². The Kier molecular flexibility index (Phi) is 2.85. The number of piperidine rings is 1. The molecule has 0 aliphatic carbocycles. The highest BCUT2D eigenvalue weighted by atomic mass is 16.2. The molecular formula is C15H15N3O4. The van der Waals surface area contributed by atoms with Crippen molar-refractivity contribution in [2.45, 2.75) is 32.2 Å². The summed E-state index contributed by atoms with van der Waals surface area (Å²) in [5.74, 6) is -2.12. The third kappa shape index (κ3) is 1.68. The summed E-state index contributed by atoms with van der Waals surface area (Å²) < 4.78 is 0. The van der Waals surface area contributed by atoms with Crippen molar-refractivity contribution >= 4 is 29.3 Å². The molecule has 0 bridgehead atoms. The molecule has 7 heteroatoms. The Labute approximate surface area is 126 Å². The molecule has 0 spiro atoms. The smallest absolute Gasteiger partial charge is 0.262 e. The molecule has 0 unspecified atom stereocenters. The number of carbonyl (C=O) groups excluding carboxylic acids is 4. The van der Waals surface area contributed by atoms with E-state index in [2.05, 4.69) is 5.32 Å². The molecule has 1 saturated heterocycles. The molecular weight excluding hydrogens is 286 g/mol. The number of nitrogen functional groups attached to an aromatic ring is 1. The highest BCUT2D eigenvalue weighted by molar-refractivity contribution is 6.25. The monoisotopic (exact) mass is 301 g/mol. The number of nitrogens with two attached hydrogens (primary N) is 1. The first-order valence-electron chi connectivity index (χ1n) is 6.89. The van der Waals surface area contributed by atoms with Crippen molar-refractivity contribution in [2.24, 2.45) is 0 Å². The topological polar surface area (TPSA) is 110 Å². The van der Waals surface area contributed by atoms with Crippen LogP contribution >= 0.6 is 0 Å². The SMILES string of the molecule is Cc1c(N)ccc2c1C(=O)N([C@@]1(C)CCC(=O)NC1=O)C2=O. The lowest BCUT2D eigenvalue weighted by Crippen LogP contribution is -2.62. The number of benzene rings is 1. The second kappa shape index (κ2) is 4.40. The van der Waals surface area contributed by atoms with E-state index in [9.17, 15) is 19.2 Å². The van der Waals surface area contributed by atoms with Crippen molar-refractivity contribution in [3.05, 3.63) is 28.8 Å². The lowest BCUT2D eigenvalue weighted by Gasteiger charge is -2.38. The quantitative estimate of drug-likeness (QED) is 0.575. The minimum Gasteiger partial charge on any atom is -0.398 e. The van der Waals surface area contributed by atoms with Crippen LogP contribution in [0, 0.1) is 6.92 Å². The molecule has 114 valence electrons. The lowest BCUT2D eigenvalue weighted by molar-refractivity contribution is -0.140. The average Bonchev–Trinajstić information content (AvgIpc) is 2.71. The van der Waals surface area contributed by atoms with E-state index in [0.717, 1.165) is 4.90 Å². The normalized spacial score (nSPS) is 24.5. The Balaban J connectivity index is 2.10. The van der Waals surface area contributed by atoms with E-state index in [0.29, 0.717) is 11.3 Å². The predicted octanol–water partition coefficient (Wildman–Crippen LogP) is 0.369. The van der Waals surface area contributed by atoms with Gasteiger partial charge in [-0.05, 0) is 38.0 Å². The number of hydrogen-bond donors (Lipinski definition) is 2. The van der Waals surface area contributed by atoms with Crippen LogP contribution in [-0.4, -0.2) is 34.1 Å². The van der Waals surface area contributed by atoms with Gasteiger partial charge in [0.2, 0.25) is 5.91 Å². The molecule has 7 nitrogen and oxygen atoms in total. The number of nitrogens with zero attached hydrogens (tertiary/aromatic N) is 1. The molecule has 4 amide bonds. The van der Waals surface area contributed by atoms with E-state index in [4.69, 9.17) is 5.73 Å². The fraction of sp³-hybridized carbons (Fsp3) is 0.333. The van der Waals surface area contributed by atoms with E-state index >= 15 is 0 Å². The average molecular weight is 301 g/mol. The molecule has 3 N–H and O–H groups in total. The number of rotatable bonds is 1. The van der Waals surface area contributed by atoms with Crippen molar-refractivity contribution in [2.75, 3.05) is 5.73 Å². The lowest BCUT2D eigenvalue weighted by atomic mass is 9.89.